The SMILES string of the molecule is COC1C(O)CC1OCc1cccs1. The number of hydrogen-bond donors (Lipinski definition) is 1. The van der Waals surface area contributed by atoms with Crippen molar-refractivity contribution in [3.05, 3.63) is 22.4 Å². The number of aliphatic hydroxyl groups excluding tert-OH is 1. The molecule has 0 aromatic carbocycles. The molecule has 0 bridgehead atoms. The summed E-state index contributed by atoms with van der Waals surface area (Å²) in [6.45, 7) is 0.620. The Morgan fingerprint density at radius 1 is 1.64 bits per heavy atom. The standard InChI is InChI=1S/C10H14O3S/c1-12-10-8(11)5-9(10)13-6-7-3-2-4-14-7/h2-4,8-11H,5-6H2,1H3. The summed E-state index contributed by atoms with van der Waals surface area (Å²) in [6, 6.07) is 4.05. The summed E-state index contributed by atoms with van der Waals surface area (Å²) in [5.74, 6) is 0. The minimum absolute atomic E-state index is 0.0529. The Labute approximate surface area is 87.3 Å². The monoisotopic (exact) mass is 214 g/mol. The molecule has 0 aliphatic heterocycles. The first-order chi connectivity index (χ1) is 6.81. The minimum atomic E-state index is -0.353. The quantitative estimate of drug-likeness (QED) is 0.823. The van der Waals surface area contributed by atoms with Crippen molar-refractivity contribution in [3.63, 3.8) is 0 Å². The summed E-state index contributed by atoms with van der Waals surface area (Å²) >= 11 is 1.68. The van der Waals surface area contributed by atoms with Crippen LogP contribution in [0, 0.1) is 0 Å². The van der Waals surface area contributed by atoms with Crippen molar-refractivity contribution >= 4 is 11.3 Å². The highest BCUT2D eigenvalue weighted by atomic mass is 32.1. The molecular weight excluding hydrogens is 200 g/mol. The summed E-state index contributed by atoms with van der Waals surface area (Å²) < 4.78 is 10.7. The molecule has 3 atom stereocenters. The molecule has 1 saturated carbocycles. The summed E-state index contributed by atoms with van der Waals surface area (Å²) in [5.41, 5.74) is 0. The maximum Gasteiger partial charge on any atom is 0.109 e. The van der Waals surface area contributed by atoms with Gasteiger partial charge in [-0.15, -0.1) is 11.3 Å². The van der Waals surface area contributed by atoms with Crippen LogP contribution in [-0.2, 0) is 16.1 Å². The van der Waals surface area contributed by atoms with Crippen molar-refractivity contribution in [2.75, 3.05) is 7.11 Å². The Morgan fingerprint density at radius 3 is 3.07 bits per heavy atom. The Kier molecular flexibility index (Phi) is 3.18. The van der Waals surface area contributed by atoms with Crippen LogP contribution in [0.4, 0.5) is 0 Å². The van der Waals surface area contributed by atoms with E-state index in [0.29, 0.717) is 13.0 Å². The highest BCUT2D eigenvalue weighted by Crippen LogP contribution is 2.27. The number of thiophene rings is 1. The van der Waals surface area contributed by atoms with Gasteiger partial charge in [0.15, 0.2) is 0 Å². The van der Waals surface area contributed by atoms with Crippen LogP contribution in [0.3, 0.4) is 0 Å². The van der Waals surface area contributed by atoms with Gasteiger partial charge in [0.05, 0.1) is 18.8 Å². The molecule has 1 N–H and O–H groups in total. The van der Waals surface area contributed by atoms with Gasteiger partial charge in [-0.3, -0.25) is 0 Å². The van der Waals surface area contributed by atoms with Crippen LogP contribution < -0.4 is 0 Å². The molecule has 14 heavy (non-hydrogen) atoms. The Hall–Kier alpha value is -0.420. The van der Waals surface area contributed by atoms with Crippen LogP contribution in [0.15, 0.2) is 17.5 Å². The van der Waals surface area contributed by atoms with Gasteiger partial charge in [0, 0.05) is 18.4 Å². The number of rotatable bonds is 4. The Balaban J connectivity index is 1.77. The summed E-state index contributed by atoms with van der Waals surface area (Å²) in [4.78, 5) is 1.21. The Bertz CT molecular complexity index is 273. The van der Waals surface area contributed by atoms with E-state index in [1.165, 1.54) is 4.88 Å². The van der Waals surface area contributed by atoms with Crippen LogP contribution in [0.5, 0.6) is 0 Å². The first kappa shape index (κ1) is 10.1. The predicted molar refractivity (Wildman–Crippen MR) is 54.3 cm³/mol. The molecule has 2 rings (SSSR count). The third kappa shape index (κ3) is 1.98. The topological polar surface area (TPSA) is 38.7 Å². The van der Waals surface area contributed by atoms with Gasteiger partial charge in [-0.1, -0.05) is 6.07 Å². The molecule has 4 heteroatoms. The molecule has 1 heterocycles. The molecule has 1 aromatic heterocycles. The van der Waals surface area contributed by atoms with Gasteiger partial charge in [-0.25, -0.2) is 0 Å². The minimum Gasteiger partial charge on any atom is -0.390 e. The molecule has 1 aliphatic rings. The summed E-state index contributed by atoms with van der Waals surface area (Å²) in [7, 11) is 1.61. The molecular formula is C10H14O3S. The highest BCUT2D eigenvalue weighted by Gasteiger charge is 2.41. The van der Waals surface area contributed by atoms with E-state index in [1.54, 1.807) is 18.4 Å². The maximum atomic E-state index is 9.33. The van der Waals surface area contributed by atoms with E-state index in [2.05, 4.69) is 0 Å². The fourth-order valence-corrected chi connectivity index (χ4v) is 2.24. The predicted octanol–water partition coefficient (Wildman–Crippen LogP) is 1.41. The van der Waals surface area contributed by atoms with E-state index in [0.717, 1.165) is 0 Å². The summed E-state index contributed by atoms with van der Waals surface area (Å²) in [6.07, 6.45) is 0.240. The van der Waals surface area contributed by atoms with E-state index in [9.17, 15) is 5.11 Å². The molecule has 1 aliphatic carbocycles. The summed E-state index contributed by atoms with van der Waals surface area (Å²) in [5, 5.41) is 11.4. The van der Waals surface area contributed by atoms with Gasteiger partial charge in [-0.05, 0) is 11.4 Å². The molecule has 3 nitrogen and oxygen atoms in total. The number of ether oxygens (including phenoxy) is 2. The molecule has 0 radical (unpaired) electrons. The van der Waals surface area contributed by atoms with Crippen LogP contribution in [0.2, 0.25) is 0 Å². The molecule has 0 spiro atoms. The normalized spacial score (nSPS) is 31.4. The van der Waals surface area contributed by atoms with Crippen molar-refractivity contribution < 1.29 is 14.6 Å². The second kappa shape index (κ2) is 4.40. The van der Waals surface area contributed by atoms with Gasteiger partial charge in [-0.2, -0.15) is 0 Å². The van der Waals surface area contributed by atoms with Gasteiger partial charge in [0.2, 0.25) is 0 Å². The van der Waals surface area contributed by atoms with Gasteiger partial charge < -0.3 is 14.6 Å². The third-order valence-corrected chi connectivity index (χ3v) is 3.36. The van der Waals surface area contributed by atoms with E-state index in [1.807, 2.05) is 17.5 Å². The third-order valence-electron chi connectivity index (χ3n) is 2.51. The molecule has 0 amide bonds. The zero-order valence-electron chi connectivity index (χ0n) is 8.05. The van der Waals surface area contributed by atoms with Gasteiger partial charge >= 0.3 is 0 Å². The smallest absolute Gasteiger partial charge is 0.109 e. The average Bonchev–Trinajstić information content (AvgIpc) is 2.65. The fourth-order valence-electron chi connectivity index (χ4n) is 1.61. The number of hydrogen-bond acceptors (Lipinski definition) is 4. The Morgan fingerprint density at radius 2 is 2.50 bits per heavy atom. The second-order valence-electron chi connectivity index (χ2n) is 3.43. The second-order valence-corrected chi connectivity index (χ2v) is 4.46. The maximum absolute atomic E-state index is 9.33. The lowest BCUT2D eigenvalue weighted by Crippen LogP contribution is -2.53. The molecule has 3 unspecified atom stereocenters. The zero-order chi connectivity index (χ0) is 9.97. The van der Waals surface area contributed by atoms with Crippen LogP contribution in [-0.4, -0.2) is 30.5 Å². The number of aliphatic hydroxyl groups is 1. The lowest BCUT2D eigenvalue weighted by atomic mass is 9.88. The average molecular weight is 214 g/mol. The molecule has 1 fully saturated rings. The lowest BCUT2D eigenvalue weighted by molar-refractivity contribution is -0.185. The number of methoxy groups -OCH3 is 1. The molecule has 78 valence electrons. The first-order valence-electron chi connectivity index (χ1n) is 4.66. The van der Waals surface area contributed by atoms with E-state index >= 15 is 0 Å². The van der Waals surface area contributed by atoms with Crippen molar-refractivity contribution in [2.24, 2.45) is 0 Å². The molecule has 0 saturated heterocycles. The largest absolute Gasteiger partial charge is 0.390 e. The van der Waals surface area contributed by atoms with E-state index in [-0.39, 0.29) is 18.3 Å². The van der Waals surface area contributed by atoms with Crippen LogP contribution in [0.1, 0.15) is 11.3 Å². The van der Waals surface area contributed by atoms with Gasteiger partial charge in [0.25, 0.3) is 0 Å². The zero-order valence-corrected chi connectivity index (χ0v) is 8.87. The van der Waals surface area contributed by atoms with Crippen molar-refractivity contribution in [2.45, 2.75) is 31.3 Å². The fraction of sp³-hybridized carbons (Fsp3) is 0.600. The van der Waals surface area contributed by atoms with E-state index < -0.39 is 0 Å². The van der Waals surface area contributed by atoms with Crippen molar-refractivity contribution in [1.29, 1.82) is 0 Å². The first-order valence-corrected chi connectivity index (χ1v) is 5.54. The molecule has 1 aromatic rings. The van der Waals surface area contributed by atoms with Gasteiger partial charge in [0.1, 0.15) is 6.10 Å². The lowest BCUT2D eigenvalue weighted by Gasteiger charge is -2.39. The highest BCUT2D eigenvalue weighted by molar-refractivity contribution is 7.09. The van der Waals surface area contributed by atoms with E-state index in [4.69, 9.17) is 9.47 Å². The van der Waals surface area contributed by atoms with Crippen molar-refractivity contribution in [1.82, 2.24) is 0 Å². The van der Waals surface area contributed by atoms with Crippen molar-refractivity contribution in [3.8, 4) is 0 Å². The van der Waals surface area contributed by atoms with Crippen LogP contribution >= 0.6 is 11.3 Å². The van der Waals surface area contributed by atoms with Crippen LogP contribution in [0.25, 0.3) is 0 Å².